The number of alkyl halides is 3. The molecule has 0 saturated heterocycles. The first-order valence-corrected chi connectivity index (χ1v) is 7.98. The van der Waals surface area contributed by atoms with Crippen LogP contribution in [-0.4, -0.2) is 26.1 Å². The van der Waals surface area contributed by atoms with Gasteiger partial charge in [-0.2, -0.15) is 23.4 Å². The number of para-hydroxylation sites is 1. The first-order valence-electron chi connectivity index (χ1n) is 7.98. The van der Waals surface area contributed by atoms with E-state index in [0.717, 1.165) is 11.3 Å². The lowest BCUT2D eigenvalue weighted by atomic mass is 10.1. The molecule has 0 aliphatic carbocycles. The van der Waals surface area contributed by atoms with E-state index in [1.165, 1.54) is 4.68 Å². The van der Waals surface area contributed by atoms with Crippen LogP contribution in [0.5, 0.6) is 0 Å². The van der Waals surface area contributed by atoms with Crippen LogP contribution < -0.4 is 5.32 Å². The highest BCUT2D eigenvalue weighted by molar-refractivity contribution is 5.33. The van der Waals surface area contributed by atoms with Crippen LogP contribution in [0.15, 0.2) is 42.7 Å². The Balaban J connectivity index is 1.65. The van der Waals surface area contributed by atoms with Gasteiger partial charge in [0.05, 0.1) is 18.4 Å². The fourth-order valence-corrected chi connectivity index (χ4v) is 3.11. The van der Waals surface area contributed by atoms with Gasteiger partial charge >= 0.3 is 6.18 Å². The number of fused-ring (bicyclic) bond motifs is 1. The van der Waals surface area contributed by atoms with Crippen molar-refractivity contribution in [2.45, 2.75) is 25.7 Å². The molecule has 1 aliphatic rings. The predicted octanol–water partition coefficient (Wildman–Crippen LogP) is 2.78. The number of aromatic nitrogens is 4. The van der Waals surface area contributed by atoms with Crippen LogP contribution in [0, 0.1) is 0 Å². The fourth-order valence-electron chi connectivity index (χ4n) is 3.11. The Morgan fingerprint density at radius 1 is 1.16 bits per heavy atom. The van der Waals surface area contributed by atoms with Crippen LogP contribution in [0.25, 0.3) is 5.69 Å². The molecule has 0 saturated carbocycles. The molecule has 1 aromatic carbocycles. The molecule has 0 fully saturated rings. The highest BCUT2D eigenvalue weighted by atomic mass is 19.4. The number of halogens is 3. The summed E-state index contributed by atoms with van der Waals surface area (Å²) in [5, 5.41) is 11.1. The Kier molecular flexibility index (Phi) is 3.84. The molecule has 3 heterocycles. The Bertz CT molecular complexity index is 880. The maximum absolute atomic E-state index is 13.2. The van der Waals surface area contributed by atoms with Crippen molar-refractivity contribution in [2.75, 3.05) is 6.54 Å². The SMILES string of the molecule is FC(F)(F)c1nn(Cc2cnn(-c3ccccc3)c2)c2c1CNCC2. The second kappa shape index (κ2) is 6.03. The number of rotatable bonds is 3. The van der Waals surface area contributed by atoms with E-state index in [-0.39, 0.29) is 18.7 Å². The molecular formula is C17H16F3N5. The molecular weight excluding hydrogens is 331 g/mol. The summed E-state index contributed by atoms with van der Waals surface area (Å²) in [6, 6.07) is 9.56. The molecule has 0 spiro atoms. The first-order chi connectivity index (χ1) is 12.0. The highest BCUT2D eigenvalue weighted by Crippen LogP contribution is 2.33. The van der Waals surface area contributed by atoms with Crippen LogP contribution in [0.1, 0.15) is 22.5 Å². The Labute approximate surface area is 142 Å². The highest BCUT2D eigenvalue weighted by Gasteiger charge is 2.39. The summed E-state index contributed by atoms with van der Waals surface area (Å²) in [5.41, 5.74) is 1.83. The average molecular weight is 347 g/mol. The van der Waals surface area contributed by atoms with Crippen molar-refractivity contribution in [1.82, 2.24) is 24.9 Å². The van der Waals surface area contributed by atoms with Gasteiger partial charge in [-0.15, -0.1) is 0 Å². The Morgan fingerprint density at radius 2 is 1.96 bits per heavy atom. The summed E-state index contributed by atoms with van der Waals surface area (Å²) in [6.07, 6.45) is -0.430. The molecule has 0 amide bonds. The third-order valence-corrected chi connectivity index (χ3v) is 4.26. The van der Waals surface area contributed by atoms with Gasteiger partial charge in [-0.3, -0.25) is 4.68 Å². The summed E-state index contributed by atoms with van der Waals surface area (Å²) < 4.78 is 42.9. The summed E-state index contributed by atoms with van der Waals surface area (Å²) in [6.45, 7) is 1.12. The molecule has 2 aromatic heterocycles. The van der Waals surface area contributed by atoms with Crippen LogP contribution >= 0.6 is 0 Å². The third kappa shape index (κ3) is 3.05. The molecule has 1 N–H and O–H groups in total. The predicted molar refractivity (Wildman–Crippen MR) is 85.3 cm³/mol. The zero-order valence-corrected chi connectivity index (χ0v) is 13.3. The maximum atomic E-state index is 13.2. The van der Waals surface area contributed by atoms with Crippen LogP contribution in [-0.2, 0) is 25.7 Å². The van der Waals surface area contributed by atoms with Crippen LogP contribution in [0.2, 0.25) is 0 Å². The summed E-state index contributed by atoms with van der Waals surface area (Å²) in [4.78, 5) is 0. The molecule has 1 aliphatic heterocycles. The van der Waals surface area contributed by atoms with E-state index < -0.39 is 11.9 Å². The van der Waals surface area contributed by atoms with Crippen LogP contribution in [0.4, 0.5) is 13.2 Å². The second-order valence-corrected chi connectivity index (χ2v) is 5.98. The summed E-state index contributed by atoms with van der Waals surface area (Å²) >= 11 is 0. The van der Waals surface area contributed by atoms with E-state index in [2.05, 4.69) is 15.5 Å². The van der Waals surface area contributed by atoms with E-state index in [1.54, 1.807) is 10.9 Å². The van der Waals surface area contributed by atoms with E-state index >= 15 is 0 Å². The summed E-state index contributed by atoms with van der Waals surface area (Å²) in [7, 11) is 0. The standard InChI is InChI=1S/C17H16F3N5/c18-17(19,20)16-14-9-21-7-6-15(14)25(23-16)11-12-8-22-24(10-12)13-4-2-1-3-5-13/h1-5,8,10,21H,6-7,9,11H2. The van der Waals surface area contributed by atoms with Crippen LogP contribution in [0.3, 0.4) is 0 Å². The number of nitrogens with one attached hydrogen (secondary N) is 1. The Morgan fingerprint density at radius 3 is 2.72 bits per heavy atom. The monoisotopic (exact) mass is 347 g/mol. The van der Waals surface area contributed by atoms with Gasteiger partial charge in [0, 0.05) is 42.5 Å². The summed E-state index contributed by atoms with van der Waals surface area (Å²) in [5.74, 6) is 0. The zero-order valence-electron chi connectivity index (χ0n) is 13.3. The van der Waals surface area contributed by atoms with E-state index in [4.69, 9.17) is 0 Å². The molecule has 0 unspecified atom stereocenters. The van der Waals surface area contributed by atoms with Gasteiger partial charge in [-0.05, 0) is 12.1 Å². The molecule has 130 valence electrons. The van der Waals surface area contributed by atoms with Gasteiger partial charge in [-0.1, -0.05) is 18.2 Å². The maximum Gasteiger partial charge on any atom is 0.435 e. The van der Waals surface area contributed by atoms with Crippen molar-refractivity contribution in [3.05, 3.63) is 65.2 Å². The van der Waals surface area contributed by atoms with E-state index in [1.807, 2.05) is 36.5 Å². The van der Waals surface area contributed by atoms with Gasteiger partial charge in [0.1, 0.15) is 0 Å². The fraction of sp³-hybridized carbons (Fsp3) is 0.294. The Hall–Kier alpha value is -2.61. The van der Waals surface area contributed by atoms with E-state index in [9.17, 15) is 13.2 Å². The van der Waals surface area contributed by atoms with Gasteiger partial charge in [-0.25, -0.2) is 4.68 Å². The molecule has 0 bridgehead atoms. The first kappa shape index (κ1) is 15.9. The minimum atomic E-state index is -4.44. The molecule has 0 radical (unpaired) electrons. The normalized spacial score (nSPS) is 14.5. The van der Waals surface area contributed by atoms with Crippen molar-refractivity contribution < 1.29 is 13.2 Å². The number of benzene rings is 1. The molecule has 0 atom stereocenters. The lowest BCUT2D eigenvalue weighted by Crippen LogP contribution is -2.26. The lowest BCUT2D eigenvalue weighted by molar-refractivity contribution is -0.142. The van der Waals surface area contributed by atoms with E-state index in [0.29, 0.717) is 18.7 Å². The minimum Gasteiger partial charge on any atom is -0.312 e. The third-order valence-electron chi connectivity index (χ3n) is 4.26. The second-order valence-electron chi connectivity index (χ2n) is 5.98. The van der Waals surface area contributed by atoms with Gasteiger partial charge < -0.3 is 5.32 Å². The van der Waals surface area contributed by atoms with Crippen molar-refractivity contribution in [2.24, 2.45) is 0 Å². The minimum absolute atomic E-state index is 0.202. The topological polar surface area (TPSA) is 47.7 Å². The molecule has 8 heteroatoms. The smallest absolute Gasteiger partial charge is 0.312 e. The van der Waals surface area contributed by atoms with Crippen molar-refractivity contribution in [3.8, 4) is 5.69 Å². The van der Waals surface area contributed by atoms with Crippen molar-refractivity contribution >= 4 is 0 Å². The molecule has 4 rings (SSSR count). The van der Waals surface area contributed by atoms with Crippen molar-refractivity contribution in [3.63, 3.8) is 0 Å². The molecule has 5 nitrogen and oxygen atoms in total. The zero-order chi connectivity index (χ0) is 17.4. The van der Waals surface area contributed by atoms with Gasteiger partial charge in [0.2, 0.25) is 0 Å². The number of nitrogens with zero attached hydrogens (tertiary/aromatic N) is 4. The number of hydrogen-bond acceptors (Lipinski definition) is 3. The quantitative estimate of drug-likeness (QED) is 0.793. The lowest BCUT2D eigenvalue weighted by Gasteiger charge is -2.15. The van der Waals surface area contributed by atoms with Gasteiger partial charge in [0.15, 0.2) is 5.69 Å². The number of hydrogen-bond donors (Lipinski definition) is 1. The molecule has 25 heavy (non-hydrogen) atoms. The largest absolute Gasteiger partial charge is 0.435 e. The molecule has 3 aromatic rings. The van der Waals surface area contributed by atoms with Gasteiger partial charge in [0.25, 0.3) is 0 Å². The average Bonchev–Trinajstić information content (AvgIpc) is 3.21. The van der Waals surface area contributed by atoms with Crippen molar-refractivity contribution in [1.29, 1.82) is 0 Å².